The first-order chi connectivity index (χ1) is 14.1. The van der Waals surface area contributed by atoms with Crippen molar-refractivity contribution in [2.75, 3.05) is 18.5 Å². The van der Waals surface area contributed by atoms with Gasteiger partial charge < -0.3 is 14.6 Å². The Hall–Kier alpha value is -2.51. The lowest BCUT2D eigenvalue weighted by Crippen LogP contribution is -2.28. The Balaban J connectivity index is 1.77. The molecule has 0 fully saturated rings. The Morgan fingerprint density at radius 3 is 2.63 bits per heavy atom. The number of carbonyl (C=O) groups excluding carboxylic acids is 2. The number of nitrogens with one attached hydrogen (secondary N) is 2. The van der Waals surface area contributed by atoms with Gasteiger partial charge in [0.05, 0.1) is 12.1 Å². The molecule has 0 bridgehead atoms. The number of thioether (sulfide) groups is 1. The van der Waals surface area contributed by atoms with Crippen molar-refractivity contribution in [3.63, 3.8) is 0 Å². The number of anilines is 1. The molecule has 1 aromatic carbocycles. The van der Waals surface area contributed by atoms with E-state index in [1.807, 2.05) is 0 Å². The molecule has 1 amide bonds. The fraction of sp³-hybridized carbons (Fsp3) is 0.353. The third kappa shape index (κ3) is 7.07. The van der Waals surface area contributed by atoms with Gasteiger partial charge in [-0.1, -0.05) is 23.9 Å². The third-order valence-electron chi connectivity index (χ3n) is 3.72. The number of aromatic nitrogens is 2. The van der Waals surface area contributed by atoms with Crippen LogP contribution in [0.15, 0.2) is 40.4 Å². The summed E-state index contributed by atoms with van der Waals surface area (Å²) < 4.78 is 57.8. The molecule has 0 spiro atoms. The van der Waals surface area contributed by atoms with Crippen LogP contribution in [-0.4, -0.2) is 48.8 Å². The molecule has 0 radical (unpaired) electrons. The van der Waals surface area contributed by atoms with Crippen LogP contribution in [0, 0.1) is 6.92 Å². The standard InChI is InChI=1S/C17H20F2N4O5S2/c1-11-21-15(9-23(11)2)30(26,27)20-8-7-16(25)28-10-14(24)22-12-5-3-4-6-13(12)29-17(18)19/h3-6,9,17,20H,7-8,10H2,1-2H3,(H,22,24). The predicted octanol–water partition coefficient (Wildman–Crippen LogP) is 1.89. The zero-order chi connectivity index (χ0) is 22.3. The summed E-state index contributed by atoms with van der Waals surface area (Å²) in [5, 5.41) is 2.22. The first-order valence-corrected chi connectivity index (χ1v) is 10.9. The van der Waals surface area contributed by atoms with E-state index in [0.717, 1.165) is 0 Å². The molecule has 0 aliphatic heterocycles. The van der Waals surface area contributed by atoms with Crippen molar-refractivity contribution in [1.29, 1.82) is 0 Å². The van der Waals surface area contributed by atoms with Gasteiger partial charge in [0, 0.05) is 24.7 Å². The van der Waals surface area contributed by atoms with E-state index in [2.05, 4.69) is 15.0 Å². The van der Waals surface area contributed by atoms with Crippen LogP contribution < -0.4 is 10.0 Å². The highest BCUT2D eigenvalue weighted by molar-refractivity contribution is 7.99. The summed E-state index contributed by atoms with van der Waals surface area (Å²) >= 11 is 0.278. The van der Waals surface area contributed by atoms with Crippen molar-refractivity contribution in [3.8, 4) is 0 Å². The smallest absolute Gasteiger partial charge is 0.307 e. The van der Waals surface area contributed by atoms with Crippen LogP contribution in [0.2, 0.25) is 0 Å². The lowest BCUT2D eigenvalue weighted by atomic mass is 10.3. The van der Waals surface area contributed by atoms with Crippen LogP contribution in [0.5, 0.6) is 0 Å². The number of hydrogen-bond donors (Lipinski definition) is 2. The average molecular weight is 462 g/mol. The van der Waals surface area contributed by atoms with Crippen molar-refractivity contribution in [2.45, 2.75) is 29.0 Å². The second-order valence-corrected chi connectivity index (χ2v) is 8.71. The first-order valence-electron chi connectivity index (χ1n) is 8.57. The Morgan fingerprint density at radius 1 is 1.30 bits per heavy atom. The number of esters is 1. The molecule has 0 aliphatic rings. The van der Waals surface area contributed by atoms with Crippen LogP contribution in [0.3, 0.4) is 0 Å². The summed E-state index contributed by atoms with van der Waals surface area (Å²) in [5.74, 6) is -3.66. The number of alkyl halides is 2. The van der Waals surface area contributed by atoms with Gasteiger partial charge in [0.1, 0.15) is 5.82 Å². The van der Waals surface area contributed by atoms with E-state index in [-0.39, 0.29) is 40.3 Å². The highest BCUT2D eigenvalue weighted by Gasteiger charge is 2.19. The summed E-state index contributed by atoms with van der Waals surface area (Å²) in [5.41, 5.74) is 0.169. The Morgan fingerprint density at radius 2 is 2.00 bits per heavy atom. The van der Waals surface area contributed by atoms with Crippen molar-refractivity contribution in [3.05, 3.63) is 36.3 Å². The maximum absolute atomic E-state index is 12.6. The molecule has 2 N–H and O–H groups in total. The van der Waals surface area contributed by atoms with Crippen molar-refractivity contribution in [1.82, 2.24) is 14.3 Å². The van der Waals surface area contributed by atoms with Gasteiger partial charge in [0.2, 0.25) is 0 Å². The number of amides is 1. The number of nitrogens with zero attached hydrogens (tertiary/aromatic N) is 2. The van der Waals surface area contributed by atoms with Gasteiger partial charge in [0.25, 0.3) is 21.7 Å². The molecule has 0 unspecified atom stereocenters. The molecule has 9 nitrogen and oxygen atoms in total. The van der Waals surface area contributed by atoms with Gasteiger partial charge in [-0.05, 0) is 19.1 Å². The molecular formula is C17H20F2N4O5S2. The van der Waals surface area contributed by atoms with E-state index in [9.17, 15) is 26.8 Å². The fourth-order valence-corrected chi connectivity index (χ4v) is 3.85. The molecule has 0 saturated carbocycles. The maximum Gasteiger partial charge on any atom is 0.307 e. The molecule has 2 rings (SSSR count). The van der Waals surface area contributed by atoms with Gasteiger partial charge in [-0.15, -0.1) is 0 Å². The summed E-state index contributed by atoms with van der Waals surface area (Å²) in [6.45, 7) is 0.761. The number of imidazole rings is 1. The van der Waals surface area contributed by atoms with E-state index in [0.29, 0.717) is 5.82 Å². The normalized spacial score (nSPS) is 11.5. The molecule has 13 heteroatoms. The van der Waals surface area contributed by atoms with E-state index in [4.69, 9.17) is 4.74 Å². The second kappa shape index (κ2) is 10.5. The van der Waals surface area contributed by atoms with E-state index in [1.165, 1.54) is 18.3 Å². The van der Waals surface area contributed by atoms with Crippen LogP contribution in [0.25, 0.3) is 0 Å². The van der Waals surface area contributed by atoms with Gasteiger partial charge in [-0.2, -0.15) is 8.78 Å². The Kier molecular flexibility index (Phi) is 8.32. The van der Waals surface area contributed by atoms with Crippen molar-refractivity contribution >= 4 is 39.3 Å². The molecule has 164 valence electrons. The number of ether oxygens (including phenoxy) is 1. The fourth-order valence-electron chi connectivity index (χ4n) is 2.19. The third-order valence-corrected chi connectivity index (χ3v) is 5.84. The van der Waals surface area contributed by atoms with Crippen molar-refractivity contribution in [2.24, 2.45) is 7.05 Å². The predicted molar refractivity (Wildman–Crippen MR) is 106 cm³/mol. The summed E-state index contributed by atoms with van der Waals surface area (Å²) in [4.78, 5) is 27.7. The number of para-hydroxylation sites is 1. The van der Waals surface area contributed by atoms with Crippen LogP contribution >= 0.6 is 11.8 Å². The number of sulfonamides is 1. The van der Waals surface area contributed by atoms with Crippen LogP contribution in [0.4, 0.5) is 14.5 Å². The minimum Gasteiger partial charge on any atom is -0.456 e. The number of aryl methyl sites for hydroxylation is 2. The quantitative estimate of drug-likeness (QED) is 0.409. The molecule has 0 atom stereocenters. The van der Waals surface area contributed by atoms with E-state index in [1.54, 1.807) is 30.7 Å². The lowest BCUT2D eigenvalue weighted by Gasteiger charge is -2.10. The first kappa shape index (κ1) is 23.8. The van der Waals surface area contributed by atoms with Gasteiger partial charge in [-0.3, -0.25) is 9.59 Å². The van der Waals surface area contributed by atoms with E-state index >= 15 is 0 Å². The summed E-state index contributed by atoms with van der Waals surface area (Å²) in [6, 6.07) is 5.98. The van der Waals surface area contributed by atoms with Crippen LogP contribution in [0.1, 0.15) is 12.2 Å². The molecule has 0 aliphatic carbocycles. The largest absolute Gasteiger partial charge is 0.456 e. The monoisotopic (exact) mass is 462 g/mol. The maximum atomic E-state index is 12.6. The number of halogens is 2. The molecule has 1 heterocycles. The van der Waals surface area contributed by atoms with Crippen LogP contribution in [-0.2, 0) is 31.4 Å². The van der Waals surface area contributed by atoms with E-state index < -0.39 is 34.3 Å². The minimum absolute atomic E-state index is 0.169. The molecule has 0 saturated heterocycles. The minimum atomic E-state index is -3.88. The molecule has 30 heavy (non-hydrogen) atoms. The second-order valence-electron chi connectivity index (χ2n) is 5.97. The lowest BCUT2D eigenvalue weighted by molar-refractivity contribution is -0.147. The van der Waals surface area contributed by atoms with Gasteiger partial charge >= 0.3 is 5.97 Å². The topological polar surface area (TPSA) is 119 Å². The van der Waals surface area contributed by atoms with Crippen molar-refractivity contribution < 1.29 is 31.5 Å². The van der Waals surface area contributed by atoms with Gasteiger partial charge in [0.15, 0.2) is 11.6 Å². The number of benzene rings is 1. The zero-order valence-corrected chi connectivity index (χ0v) is 17.7. The summed E-state index contributed by atoms with van der Waals surface area (Å²) in [6.07, 6.45) is 1.03. The number of carbonyl (C=O) groups is 2. The number of hydrogen-bond acceptors (Lipinski definition) is 7. The average Bonchev–Trinajstić information content (AvgIpc) is 3.01. The zero-order valence-electron chi connectivity index (χ0n) is 16.1. The Bertz CT molecular complexity index is 992. The molecule has 2 aromatic rings. The SMILES string of the molecule is Cc1nc(S(=O)(=O)NCCC(=O)OCC(=O)Nc2ccccc2SC(F)F)cn1C. The number of rotatable bonds is 10. The highest BCUT2D eigenvalue weighted by Crippen LogP contribution is 2.31. The van der Waals surface area contributed by atoms with Gasteiger partial charge in [-0.25, -0.2) is 18.1 Å². The summed E-state index contributed by atoms with van der Waals surface area (Å²) in [7, 11) is -2.23. The Labute approximate surface area is 176 Å². The highest BCUT2D eigenvalue weighted by atomic mass is 32.2. The molecule has 1 aromatic heterocycles. The molecular weight excluding hydrogens is 442 g/mol.